The lowest BCUT2D eigenvalue weighted by Crippen LogP contribution is -2.61. The first-order valence-corrected chi connectivity index (χ1v) is 9.79. The van der Waals surface area contributed by atoms with Crippen LogP contribution in [0.2, 0.25) is 5.02 Å². The largest absolute Gasteiger partial charge is 0.390 e. The lowest BCUT2D eigenvalue weighted by Gasteiger charge is -2.59. The van der Waals surface area contributed by atoms with E-state index in [0.717, 1.165) is 43.4 Å². The minimum atomic E-state index is -0.334. The molecule has 4 saturated carbocycles. The normalized spacial score (nSPS) is 47.5. The zero-order valence-electron chi connectivity index (χ0n) is 14.3. The minimum Gasteiger partial charge on any atom is -0.390 e. The van der Waals surface area contributed by atoms with Crippen LogP contribution in [0.4, 0.5) is 0 Å². The molecular formula is C20H27ClN2O. The average Bonchev–Trinajstić information content (AvgIpc) is 2.89. The zero-order valence-corrected chi connectivity index (χ0v) is 15.1. The van der Waals surface area contributed by atoms with Crippen LogP contribution in [0.5, 0.6) is 0 Å². The molecule has 24 heavy (non-hydrogen) atoms. The van der Waals surface area contributed by atoms with Gasteiger partial charge < -0.3 is 5.11 Å². The van der Waals surface area contributed by atoms with Crippen LogP contribution in [0.25, 0.3) is 0 Å². The predicted octanol–water partition coefficient (Wildman–Crippen LogP) is 3.36. The molecule has 3 atom stereocenters. The van der Waals surface area contributed by atoms with E-state index in [1.807, 2.05) is 12.1 Å². The Kier molecular flexibility index (Phi) is 3.39. The lowest BCUT2D eigenvalue weighted by molar-refractivity contribution is -0.158. The standard InChI is InChI=1S/C20H27ClN2O/c1-19(16-2-4-17(21)5-3-16)11-23(12-22-19)18-14-6-13-7-15(18)10-20(24,8-13)9-14/h2-5,13-15,18,22,24H,6-12H2,1H3. The van der Waals surface area contributed by atoms with Crippen molar-refractivity contribution in [1.82, 2.24) is 10.2 Å². The number of hydrogen-bond acceptors (Lipinski definition) is 3. The predicted molar refractivity (Wildman–Crippen MR) is 95.8 cm³/mol. The van der Waals surface area contributed by atoms with Gasteiger partial charge in [-0.15, -0.1) is 0 Å². The van der Waals surface area contributed by atoms with Gasteiger partial charge in [-0.3, -0.25) is 10.2 Å². The number of nitrogens with zero attached hydrogens (tertiary/aromatic N) is 1. The molecule has 5 fully saturated rings. The van der Waals surface area contributed by atoms with Gasteiger partial charge in [-0.1, -0.05) is 23.7 Å². The number of nitrogens with one attached hydrogen (secondary N) is 1. The highest BCUT2D eigenvalue weighted by atomic mass is 35.5. The SMILES string of the molecule is CC1(c2ccc(Cl)cc2)CN(C2C3CC4CC2CC(O)(C4)C3)CN1. The van der Waals surface area contributed by atoms with E-state index < -0.39 is 0 Å². The molecule has 0 amide bonds. The third-order valence-corrected chi connectivity index (χ3v) is 7.54. The van der Waals surface area contributed by atoms with Crippen molar-refractivity contribution in [3.63, 3.8) is 0 Å². The maximum Gasteiger partial charge on any atom is 0.0657 e. The van der Waals surface area contributed by atoms with Crippen molar-refractivity contribution >= 4 is 11.6 Å². The van der Waals surface area contributed by atoms with Crippen molar-refractivity contribution in [2.45, 2.75) is 56.2 Å². The maximum atomic E-state index is 10.8. The monoisotopic (exact) mass is 346 g/mol. The van der Waals surface area contributed by atoms with E-state index in [9.17, 15) is 5.11 Å². The second-order valence-corrected chi connectivity index (χ2v) is 9.54. The minimum absolute atomic E-state index is 0.00381. The van der Waals surface area contributed by atoms with Gasteiger partial charge in [0.1, 0.15) is 0 Å². The molecule has 130 valence electrons. The fourth-order valence-corrected chi connectivity index (χ4v) is 6.69. The van der Waals surface area contributed by atoms with Gasteiger partial charge in [0, 0.05) is 24.3 Å². The van der Waals surface area contributed by atoms with Gasteiger partial charge in [-0.2, -0.15) is 0 Å². The molecule has 2 N–H and O–H groups in total. The highest BCUT2D eigenvalue weighted by Crippen LogP contribution is 2.57. The fourth-order valence-electron chi connectivity index (χ4n) is 6.57. The quantitative estimate of drug-likeness (QED) is 0.862. The topological polar surface area (TPSA) is 35.5 Å². The number of halogens is 1. The summed E-state index contributed by atoms with van der Waals surface area (Å²) < 4.78 is 0. The number of aliphatic hydroxyl groups is 1. The summed E-state index contributed by atoms with van der Waals surface area (Å²) in [6.07, 6.45) is 5.78. The molecule has 1 aromatic carbocycles. The van der Waals surface area contributed by atoms with E-state index in [1.165, 1.54) is 18.4 Å². The van der Waals surface area contributed by atoms with Crippen molar-refractivity contribution < 1.29 is 5.11 Å². The van der Waals surface area contributed by atoms with Crippen LogP contribution in [0.3, 0.4) is 0 Å². The number of rotatable bonds is 2. The molecule has 0 radical (unpaired) electrons. The highest BCUT2D eigenvalue weighted by Gasteiger charge is 2.57. The third kappa shape index (κ3) is 2.36. The Morgan fingerprint density at radius 3 is 2.42 bits per heavy atom. The van der Waals surface area contributed by atoms with Gasteiger partial charge in [-0.05, 0) is 74.5 Å². The maximum absolute atomic E-state index is 10.8. The summed E-state index contributed by atoms with van der Waals surface area (Å²) >= 11 is 6.06. The molecule has 4 aliphatic carbocycles. The van der Waals surface area contributed by atoms with E-state index in [1.54, 1.807) is 0 Å². The van der Waals surface area contributed by atoms with Crippen LogP contribution in [0.1, 0.15) is 44.6 Å². The highest BCUT2D eigenvalue weighted by molar-refractivity contribution is 6.30. The Hall–Kier alpha value is -0.610. The van der Waals surface area contributed by atoms with Crippen molar-refractivity contribution in [2.75, 3.05) is 13.2 Å². The van der Waals surface area contributed by atoms with E-state index >= 15 is 0 Å². The molecule has 0 spiro atoms. The molecule has 3 nitrogen and oxygen atoms in total. The Labute approximate surface area is 149 Å². The van der Waals surface area contributed by atoms with Crippen LogP contribution in [-0.4, -0.2) is 34.9 Å². The smallest absolute Gasteiger partial charge is 0.0657 e. The van der Waals surface area contributed by atoms with Gasteiger partial charge in [-0.25, -0.2) is 0 Å². The van der Waals surface area contributed by atoms with E-state index in [0.29, 0.717) is 17.9 Å². The molecule has 6 rings (SSSR count). The van der Waals surface area contributed by atoms with E-state index in [2.05, 4.69) is 29.3 Å². The van der Waals surface area contributed by atoms with Gasteiger partial charge in [0.05, 0.1) is 11.1 Å². The van der Waals surface area contributed by atoms with Gasteiger partial charge in [0.15, 0.2) is 0 Å². The molecular weight excluding hydrogens is 320 g/mol. The van der Waals surface area contributed by atoms with Crippen LogP contribution >= 0.6 is 11.6 Å². The van der Waals surface area contributed by atoms with Crippen LogP contribution < -0.4 is 5.32 Å². The Balaban J connectivity index is 1.37. The van der Waals surface area contributed by atoms with Crippen LogP contribution in [0.15, 0.2) is 24.3 Å². The fraction of sp³-hybridized carbons (Fsp3) is 0.700. The summed E-state index contributed by atoms with van der Waals surface area (Å²) in [6.45, 7) is 4.31. The molecule has 1 aliphatic heterocycles. The number of hydrogen-bond donors (Lipinski definition) is 2. The molecule has 5 aliphatic rings. The molecule has 1 heterocycles. The Morgan fingerprint density at radius 2 is 1.79 bits per heavy atom. The van der Waals surface area contributed by atoms with E-state index in [4.69, 9.17) is 11.6 Å². The summed E-state index contributed by atoms with van der Waals surface area (Å²) in [5, 5.41) is 15.4. The average molecular weight is 347 g/mol. The van der Waals surface area contributed by atoms with Crippen molar-refractivity contribution in [3.8, 4) is 0 Å². The Morgan fingerprint density at radius 1 is 1.12 bits per heavy atom. The molecule has 3 unspecified atom stereocenters. The summed E-state index contributed by atoms with van der Waals surface area (Å²) in [5.41, 5.74) is 0.979. The summed E-state index contributed by atoms with van der Waals surface area (Å²) in [6, 6.07) is 8.94. The van der Waals surface area contributed by atoms with E-state index in [-0.39, 0.29) is 11.1 Å². The Bertz CT molecular complexity index is 632. The zero-order chi connectivity index (χ0) is 16.5. The second kappa shape index (κ2) is 5.20. The first kappa shape index (κ1) is 15.6. The summed E-state index contributed by atoms with van der Waals surface area (Å²) in [4.78, 5) is 2.67. The van der Waals surface area contributed by atoms with Crippen LogP contribution in [0, 0.1) is 17.8 Å². The molecule has 0 aromatic heterocycles. The molecule has 1 aromatic rings. The van der Waals surface area contributed by atoms with Crippen molar-refractivity contribution in [3.05, 3.63) is 34.9 Å². The lowest BCUT2D eigenvalue weighted by atomic mass is 9.52. The first-order chi connectivity index (χ1) is 11.4. The van der Waals surface area contributed by atoms with Crippen molar-refractivity contribution in [2.24, 2.45) is 17.8 Å². The van der Waals surface area contributed by atoms with Crippen LogP contribution in [-0.2, 0) is 5.54 Å². The van der Waals surface area contributed by atoms with Gasteiger partial charge >= 0.3 is 0 Å². The summed E-state index contributed by atoms with van der Waals surface area (Å²) in [5.74, 6) is 2.16. The third-order valence-electron chi connectivity index (χ3n) is 7.29. The molecule has 4 heteroatoms. The summed E-state index contributed by atoms with van der Waals surface area (Å²) in [7, 11) is 0. The van der Waals surface area contributed by atoms with Gasteiger partial charge in [0.25, 0.3) is 0 Å². The van der Waals surface area contributed by atoms with Gasteiger partial charge in [0.2, 0.25) is 0 Å². The first-order valence-electron chi connectivity index (χ1n) is 9.42. The number of benzene rings is 1. The molecule has 1 saturated heterocycles. The van der Waals surface area contributed by atoms with Crippen molar-refractivity contribution in [1.29, 1.82) is 0 Å². The second-order valence-electron chi connectivity index (χ2n) is 9.11. The molecule has 4 bridgehead atoms.